The van der Waals surface area contributed by atoms with E-state index >= 15 is 0 Å². The van der Waals surface area contributed by atoms with Crippen molar-refractivity contribution < 1.29 is 9.63 Å². The third-order valence-electron chi connectivity index (χ3n) is 5.53. The van der Waals surface area contributed by atoms with Gasteiger partial charge >= 0.3 is 5.97 Å². The molecule has 3 aliphatic carbocycles. The van der Waals surface area contributed by atoms with Gasteiger partial charge in [0.15, 0.2) is 0 Å². The van der Waals surface area contributed by atoms with Crippen molar-refractivity contribution in [3.63, 3.8) is 0 Å². The van der Waals surface area contributed by atoms with E-state index in [4.69, 9.17) is 4.84 Å². The highest BCUT2D eigenvalue weighted by atomic mass is 79.9. The zero-order valence-corrected chi connectivity index (χ0v) is 13.4. The summed E-state index contributed by atoms with van der Waals surface area (Å²) in [4.78, 5) is 17.2. The van der Waals surface area contributed by atoms with Crippen molar-refractivity contribution in [3.05, 3.63) is 34.3 Å². The molecule has 0 heterocycles. The Morgan fingerprint density at radius 1 is 1.19 bits per heavy atom. The van der Waals surface area contributed by atoms with Gasteiger partial charge in [0.1, 0.15) is 0 Å². The molecule has 4 rings (SSSR count). The molecule has 0 radical (unpaired) electrons. The lowest BCUT2D eigenvalue weighted by atomic mass is 9.81. The lowest BCUT2D eigenvalue weighted by Crippen LogP contribution is -2.24. The number of fused-ring (bicyclic) bond motifs is 5. The molecule has 1 aromatic rings. The SMILES string of the molecule is O=C(O/N=C1\C[C@@H]2C[C@H]1[C@H]1CCC[C@@H]21)c1ccc(Br)cc1. The van der Waals surface area contributed by atoms with Crippen LogP contribution in [0.5, 0.6) is 0 Å². The molecule has 4 heteroatoms. The van der Waals surface area contributed by atoms with Gasteiger partial charge in [-0.25, -0.2) is 4.79 Å². The van der Waals surface area contributed by atoms with Crippen LogP contribution in [-0.4, -0.2) is 11.7 Å². The molecule has 0 aliphatic heterocycles. The lowest BCUT2D eigenvalue weighted by Gasteiger charge is -2.25. The smallest absolute Gasteiger partial charge is 0.313 e. The number of halogens is 1. The van der Waals surface area contributed by atoms with Crippen molar-refractivity contribution in [1.29, 1.82) is 0 Å². The summed E-state index contributed by atoms with van der Waals surface area (Å²) in [5.74, 6) is 2.76. The first-order chi connectivity index (χ1) is 10.2. The van der Waals surface area contributed by atoms with Gasteiger partial charge in [-0.05, 0) is 67.7 Å². The number of nitrogens with zero attached hydrogens (tertiary/aromatic N) is 1. The summed E-state index contributed by atoms with van der Waals surface area (Å²) in [5, 5.41) is 4.22. The monoisotopic (exact) mass is 347 g/mol. The van der Waals surface area contributed by atoms with Gasteiger partial charge in [0.2, 0.25) is 0 Å². The minimum atomic E-state index is -0.360. The predicted molar refractivity (Wildman–Crippen MR) is 84.0 cm³/mol. The number of oxime groups is 1. The summed E-state index contributed by atoms with van der Waals surface area (Å²) >= 11 is 3.36. The predicted octanol–water partition coefficient (Wildman–Crippen LogP) is 4.42. The highest BCUT2D eigenvalue weighted by molar-refractivity contribution is 9.10. The molecule has 21 heavy (non-hydrogen) atoms. The van der Waals surface area contributed by atoms with Gasteiger partial charge in [-0.15, -0.1) is 0 Å². The molecule has 0 spiro atoms. The number of hydrogen-bond donors (Lipinski definition) is 0. The largest absolute Gasteiger partial charge is 0.365 e. The summed E-state index contributed by atoms with van der Waals surface area (Å²) in [5.41, 5.74) is 1.68. The Hall–Kier alpha value is -1.16. The fourth-order valence-corrected chi connectivity index (χ4v) is 4.92. The minimum absolute atomic E-state index is 0.360. The van der Waals surface area contributed by atoms with E-state index in [0.29, 0.717) is 11.5 Å². The third kappa shape index (κ3) is 2.33. The minimum Gasteiger partial charge on any atom is -0.313 e. The van der Waals surface area contributed by atoms with Crippen molar-refractivity contribution in [2.75, 3.05) is 0 Å². The van der Waals surface area contributed by atoms with Crippen LogP contribution in [0.4, 0.5) is 0 Å². The summed E-state index contributed by atoms with van der Waals surface area (Å²) < 4.78 is 0.950. The standard InChI is InChI=1S/C17H18BrNO2/c18-12-6-4-10(5-7-12)17(20)21-19-16-9-11-8-15(16)14-3-1-2-13(11)14/h4-7,11,13-15H,1-3,8-9H2/b19-16+/t11-,13-,14-,15-/m0/s1. The first kappa shape index (κ1) is 13.5. The Kier molecular flexibility index (Phi) is 3.37. The van der Waals surface area contributed by atoms with Crippen molar-refractivity contribution in [1.82, 2.24) is 0 Å². The Bertz CT molecular complexity index is 595. The molecule has 0 aromatic heterocycles. The Balaban J connectivity index is 1.45. The quantitative estimate of drug-likeness (QED) is 0.586. The van der Waals surface area contributed by atoms with E-state index in [9.17, 15) is 4.79 Å². The lowest BCUT2D eigenvalue weighted by molar-refractivity contribution is 0.0511. The molecule has 110 valence electrons. The first-order valence-electron chi connectivity index (χ1n) is 7.76. The molecule has 0 saturated heterocycles. The Morgan fingerprint density at radius 2 is 1.95 bits per heavy atom. The van der Waals surface area contributed by atoms with Crippen LogP contribution in [-0.2, 0) is 4.84 Å². The average molecular weight is 348 g/mol. The molecule has 3 fully saturated rings. The maximum Gasteiger partial charge on any atom is 0.365 e. The summed E-state index contributed by atoms with van der Waals surface area (Å²) in [6, 6.07) is 7.18. The number of carbonyl (C=O) groups is 1. The summed E-state index contributed by atoms with van der Waals surface area (Å²) in [6.07, 6.45) is 6.42. The topological polar surface area (TPSA) is 38.7 Å². The third-order valence-corrected chi connectivity index (χ3v) is 6.06. The van der Waals surface area contributed by atoms with Crippen LogP contribution in [0.3, 0.4) is 0 Å². The fourth-order valence-electron chi connectivity index (χ4n) is 4.66. The number of benzene rings is 1. The Labute approximate surface area is 132 Å². The molecule has 3 nitrogen and oxygen atoms in total. The summed E-state index contributed by atoms with van der Waals surface area (Å²) in [7, 11) is 0. The maximum absolute atomic E-state index is 12.0. The molecular formula is C17H18BrNO2. The molecule has 4 atom stereocenters. The van der Waals surface area contributed by atoms with E-state index in [1.165, 1.54) is 25.7 Å². The zero-order chi connectivity index (χ0) is 14.4. The van der Waals surface area contributed by atoms with E-state index in [-0.39, 0.29) is 5.97 Å². The van der Waals surface area contributed by atoms with E-state index in [1.807, 2.05) is 12.1 Å². The van der Waals surface area contributed by atoms with E-state index < -0.39 is 0 Å². The molecule has 0 N–H and O–H groups in total. The second-order valence-corrected chi connectivity index (χ2v) is 7.45. The van der Waals surface area contributed by atoms with Crippen molar-refractivity contribution >= 4 is 27.6 Å². The van der Waals surface area contributed by atoms with Gasteiger partial charge in [0, 0.05) is 10.4 Å². The van der Waals surface area contributed by atoms with Crippen molar-refractivity contribution in [2.45, 2.75) is 32.1 Å². The maximum atomic E-state index is 12.0. The van der Waals surface area contributed by atoms with Crippen LogP contribution >= 0.6 is 15.9 Å². The average Bonchev–Trinajstić information content (AvgIpc) is 3.17. The molecule has 3 aliphatic rings. The number of hydrogen-bond acceptors (Lipinski definition) is 3. The summed E-state index contributed by atoms with van der Waals surface area (Å²) in [6.45, 7) is 0. The van der Waals surface area contributed by atoms with Crippen molar-refractivity contribution in [2.24, 2.45) is 28.8 Å². The first-order valence-corrected chi connectivity index (χ1v) is 8.55. The van der Waals surface area contributed by atoms with Gasteiger partial charge in [-0.3, -0.25) is 0 Å². The highest BCUT2D eigenvalue weighted by Crippen LogP contribution is 2.57. The second-order valence-electron chi connectivity index (χ2n) is 6.53. The zero-order valence-electron chi connectivity index (χ0n) is 11.8. The van der Waals surface area contributed by atoms with Crippen LogP contribution < -0.4 is 0 Å². The van der Waals surface area contributed by atoms with Crippen LogP contribution in [0.2, 0.25) is 0 Å². The van der Waals surface area contributed by atoms with Crippen LogP contribution in [0, 0.1) is 23.7 Å². The van der Waals surface area contributed by atoms with Gasteiger partial charge in [-0.1, -0.05) is 27.5 Å². The molecular weight excluding hydrogens is 330 g/mol. The van der Waals surface area contributed by atoms with E-state index in [1.54, 1.807) is 12.1 Å². The molecule has 1 aromatic carbocycles. The van der Waals surface area contributed by atoms with Gasteiger partial charge in [-0.2, -0.15) is 0 Å². The second kappa shape index (κ2) is 5.24. The fraction of sp³-hybridized carbons (Fsp3) is 0.529. The van der Waals surface area contributed by atoms with Gasteiger partial charge in [0.25, 0.3) is 0 Å². The van der Waals surface area contributed by atoms with Crippen molar-refractivity contribution in [3.8, 4) is 0 Å². The van der Waals surface area contributed by atoms with E-state index in [2.05, 4.69) is 21.1 Å². The van der Waals surface area contributed by atoms with Crippen LogP contribution in [0.15, 0.2) is 33.9 Å². The van der Waals surface area contributed by atoms with Gasteiger partial charge in [0.05, 0.1) is 11.3 Å². The molecule has 0 amide bonds. The number of carbonyl (C=O) groups excluding carboxylic acids is 1. The molecule has 2 bridgehead atoms. The Morgan fingerprint density at radius 3 is 2.76 bits per heavy atom. The van der Waals surface area contributed by atoms with E-state index in [0.717, 1.165) is 34.4 Å². The van der Waals surface area contributed by atoms with Crippen LogP contribution in [0.25, 0.3) is 0 Å². The van der Waals surface area contributed by atoms with Gasteiger partial charge < -0.3 is 4.84 Å². The number of rotatable bonds is 2. The highest BCUT2D eigenvalue weighted by Gasteiger charge is 2.52. The molecule has 3 saturated carbocycles. The normalized spacial score (nSPS) is 35.2. The molecule has 0 unspecified atom stereocenters. The van der Waals surface area contributed by atoms with Crippen LogP contribution in [0.1, 0.15) is 42.5 Å².